The van der Waals surface area contributed by atoms with Gasteiger partial charge in [0.15, 0.2) is 5.76 Å². The number of benzene rings is 1. The van der Waals surface area contributed by atoms with Crippen molar-refractivity contribution in [2.75, 3.05) is 0 Å². The second kappa shape index (κ2) is 3.99. The minimum Gasteiger partial charge on any atom is -0.437 e. The van der Waals surface area contributed by atoms with Crippen LogP contribution in [-0.2, 0) is 0 Å². The average Bonchev–Trinajstić information content (AvgIpc) is 2.95. The normalized spacial score (nSPS) is 13.1. The van der Waals surface area contributed by atoms with Gasteiger partial charge in [0.1, 0.15) is 0 Å². The molecule has 3 N–H and O–H groups in total. The first-order chi connectivity index (χ1) is 8.65. The topological polar surface area (TPSA) is 67.8 Å². The summed E-state index contributed by atoms with van der Waals surface area (Å²) < 4.78 is 5.63. The predicted molar refractivity (Wildman–Crippen MR) is 71.1 cm³/mol. The number of para-hydroxylation sites is 1. The summed E-state index contributed by atoms with van der Waals surface area (Å²) >= 11 is 0. The molecule has 4 heteroatoms. The molecule has 0 aliphatic heterocycles. The van der Waals surface area contributed by atoms with Crippen molar-refractivity contribution in [1.29, 1.82) is 0 Å². The van der Waals surface area contributed by atoms with Crippen molar-refractivity contribution in [2.45, 2.75) is 19.9 Å². The number of nitrogens with zero attached hydrogens (tertiary/aromatic N) is 1. The van der Waals surface area contributed by atoms with Gasteiger partial charge in [-0.25, -0.2) is 4.98 Å². The molecule has 92 valence electrons. The molecule has 2 heterocycles. The number of oxazole rings is 1. The molecule has 1 atom stereocenters. The Morgan fingerprint density at radius 3 is 2.89 bits per heavy atom. The minimum atomic E-state index is -0.190. The van der Waals surface area contributed by atoms with Crippen molar-refractivity contribution in [3.63, 3.8) is 0 Å². The second-order valence-corrected chi connectivity index (χ2v) is 4.57. The zero-order valence-electron chi connectivity index (χ0n) is 10.4. The first kappa shape index (κ1) is 11.0. The molecule has 0 radical (unpaired) electrons. The molecule has 0 aliphatic rings. The third-order valence-electron chi connectivity index (χ3n) is 3.04. The van der Waals surface area contributed by atoms with E-state index in [1.807, 2.05) is 13.0 Å². The molecular formula is C14H15N3O. The fraction of sp³-hybridized carbons (Fsp3) is 0.214. The van der Waals surface area contributed by atoms with Crippen LogP contribution >= 0.6 is 0 Å². The summed E-state index contributed by atoms with van der Waals surface area (Å²) in [5.74, 6) is 1.28. The molecule has 3 rings (SSSR count). The van der Waals surface area contributed by atoms with E-state index in [9.17, 15) is 0 Å². The van der Waals surface area contributed by atoms with E-state index in [1.165, 1.54) is 10.9 Å². The van der Waals surface area contributed by atoms with E-state index in [1.54, 1.807) is 6.20 Å². The molecule has 0 saturated heterocycles. The van der Waals surface area contributed by atoms with E-state index < -0.39 is 0 Å². The van der Waals surface area contributed by atoms with Crippen LogP contribution in [0.4, 0.5) is 0 Å². The molecule has 0 fully saturated rings. The summed E-state index contributed by atoms with van der Waals surface area (Å²) in [6.07, 6.45) is 1.71. The third-order valence-corrected chi connectivity index (χ3v) is 3.04. The highest BCUT2D eigenvalue weighted by molar-refractivity contribution is 5.87. The first-order valence-electron chi connectivity index (χ1n) is 5.95. The van der Waals surface area contributed by atoms with Crippen molar-refractivity contribution in [3.8, 4) is 11.5 Å². The minimum absolute atomic E-state index is 0.190. The fourth-order valence-corrected chi connectivity index (χ4v) is 2.06. The highest BCUT2D eigenvalue weighted by Crippen LogP contribution is 2.27. The number of fused-ring (bicyclic) bond motifs is 1. The largest absolute Gasteiger partial charge is 0.437 e. The molecular weight excluding hydrogens is 226 g/mol. The summed E-state index contributed by atoms with van der Waals surface area (Å²) in [4.78, 5) is 7.53. The zero-order chi connectivity index (χ0) is 12.7. The Morgan fingerprint density at radius 2 is 2.22 bits per heavy atom. The van der Waals surface area contributed by atoms with Crippen LogP contribution in [0.3, 0.4) is 0 Å². The molecule has 0 bridgehead atoms. The molecule has 4 nitrogen and oxygen atoms in total. The van der Waals surface area contributed by atoms with Gasteiger partial charge in [-0.1, -0.05) is 18.2 Å². The molecule has 0 amide bonds. The van der Waals surface area contributed by atoms with Crippen molar-refractivity contribution >= 4 is 10.9 Å². The van der Waals surface area contributed by atoms with Crippen molar-refractivity contribution < 1.29 is 4.42 Å². The van der Waals surface area contributed by atoms with Crippen molar-refractivity contribution in [2.24, 2.45) is 5.73 Å². The van der Waals surface area contributed by atoms with E-state index in [-0.39, 0.29) is 6.04 Å². The van der Waals surface area contributed by atoms with Gasteiger partial charge in [-0.2, -0.15) is 0 Å². The van der Waals surface area contributed by atoms with Crippen LogP contribution in [0.25, 0.3) is 22.4 Å². The number of hydrogen-bond acceptors (Lipinski definition) is 3. The van der Waals surface area contributed by atoms with Gasteiger partial charge in [-0.05, 0) is 25.5 Å². The van der Waals surface area contributed by atoms with Crippen LogP contribution in [0.5, 0.6) is 0 Å². The monoisotopic (exact) mass is 241 g/mol. The molecule has 2 aromatic heterocycles. The Morgan fingerprint density at radius 1 is 1.39 bits per heavy atom. The summed E-state index contributed by atoms with van der Waals surface area (Å²) in [6.45, 7) is 3.93. The Balaban J connectivity index is 2.10. The van der Waals surface area contributed by atoms with Crippen LogP contribution in [0.2, 0.25) is 0 Å². The number of hydrogen-bond donors (Lipinski definition) is 2. The van der Waals surface area contributed by atoms with Crippen LogP contribution in [0.15, 0.2) is 34.9 Å². The summed E-state index contributed by atoms with van der Waals surface area (Å²) in [5.41, 5.74) is 9.01. The summed E-state index contributed by atoms with van der Waals surface area (Å²) in [7, 11) is 0. The Bertz CT molecular complexity index is 694. The smallest absolute Gasteiger partial charge is 0.211 e. The molecule has 3 aromatic rings. The molecule has 0 spiro atoms. The molecule has 18 heavy (non-hydrogen) atoms. The van der Waals surface area contributed by atoms with E-state index in [4.69, 9.17) is 10.2 Å². The lowest BCUT2D eigenvalue weighted by Gasteiger charge is -1.96. The maximum absolute atomic E-state index is 5.74. The van der Waals surface area contributed by atoms with Gasteiger partial charge < -0.3 is 15.1 Å². The number of aromatic nitrogens is 2. The molecule has 1 aromatic carbocycles. The van der Waals surface area contributed by atoms with E-state index >= 15 is 0 Å². The predicted octanol–water partition coefficient (Wildman–Crippen LogP) is 3.15. The quantitative estimate of drug-likeness (QED) is 0.724. The van der Waals surface area contributed by atoms with Gasteiger partial charge >= 0.3 is 0 Å². The SMILES string of the molecule is Cc1cccc2cc(-c3cnc(C(C)N)o3)[nH]c12. The lowest BCUT2D eigenvalue weighted by molar-refractivity contribution is 0.473. The number of H-pyrrole nitrogens is 1. The van der Waals surface area contributed by atoms with Crippen LogP contribution in [0.1, 0.15) is 24.4 Å². The fourth-order valence-electron chi connectivity index (χ4n) is 2.06. The van der Waals surface area contributed by atoms with Crippen molar-refractivity contribution in [3.05, 3.63) is 41.9 Å². The molecule has 0 aliphatic carbocycles. The highest BCUT2D eigenvalue weighted by Gasteiger charge is 2.12. The second-order valence-electron chi connectivity index (χ2n) is 4.57. The molecule has 0 saturated carbocycles. The average molecular weight is 241 g/mol. The third kappa shape index (κ3) is 1.71. The van der Waals surface area contributed by atoms with Gasteiger partial charge in [-0.15, -0.1) is 0 Å². The van der Waals surface area contributed by atoms with E-state index in [0.717, 1.165) is 17.0 Å². The lowest BCUT2D eigenvalue weighted by Crippen LogP contribution is -2.04. The number of rotatable bonds is 2. The van der Waals surface area contributed by atoms with Gasteiger partial charge in [0.05, 0.1) is 17.9 Å². The van der Waals surface area contributed by atoms with E-state index in [2.05, 4.69) is 35.1 Å². The Hall–Kier alpha value is -2.07. The summed E-state index contributed by atoms with van der Waals surface area (Å²) in [6, 6.07) is 8.07. The Kier molecular flexibility index (Phi) is 2.45. The maximum atomic E-state index is 5.74. The van der Waals surface area contributed by atoms with Gasteiger partial charge in [-0.3, -0.25) is 0 Å². The zero-order valence-corrected chi connectivity index (χ0v) is 10.4. The van der Waals surface area contributed by atoms with Gasteiger partial charge in [0, 0.05) is 10.9 Å². The number of nitrogens with two attached hydrogens (primary N) is 1. The summed E-state index contributed by atoms with van der Waals surface area (Å²) in [5, 5.41) is 1.17. The number of nitrogens with one attached hydrogen (secondary N) is 1. The van der Waals surface area contributed by atoms with Crippen LogP contribution in [-0.4, -0.2) is 9.97 Å². The number of aromatic amines is 1. The van der Waals surface area contributed by atoms with E-state index in [0.29, 0.717) is 5.89 Å². The van der Waals surface area contributed by atoms with Crippen LogP contribution in [0, 0.1) is 6.92 Å². The first-order valence-corrected chi connectivity index (χ1v) is 5.95. The van der Waals surface area contributed by atoms with Gasteiger partial charge in [0.2, 0.25) is 5.89 Å². The standard InChI is InChI=1S/C14H15N3O/c1-8-4-3-5-10-6-11(17-13(8)10)12-7-16-14(18-12)9(2)15/h3-7,9,17H,15H2,1-2H3. The molecule has 1 unspecified atom stereocenters. The van der Waals surface area contributed by atoms with Crippen molar-refractivity contribution in [1.82, 2.24) is 9.97 Å². The maximum Gasteiger partial charge on any atom is 0.211 e. The van der Waals surface area contributed by atoms with Gasteiger partial charge in [0.25, 0.3) is 0 Å². The highest BCUT2D eigenvalue weighted by atomic mass is 16.4. The van der Waals surface area contributed by atoms with Crippen LogP contribution < -0.4 is 5.73 Å². The lowest BCUT2D eigenvalue weighted by atomic mass is 10.2. The number of aryl methyl sites for hydroxylation is 1. The Labute approximate surface area is 105 Å².